The maximum atomic E-state index is 12.4. The van der Waals surface area contributed by atoms with E-state index in [1.54, 1.807) is 86.8 Å². The molecule has 1 unspecified atom stereocenters. The summed E-state index contributed by atoms with van der Waals surface area (Å²) in [4.78, 5) is 24.7. The Kier molecular flexibility index (Phi) is 8.23. The minimum absolute atomic E-state index is 0.148. The molecule has 0 radical (unpaired) electrons. The fraction of sp³-hybridized carbons (Fsp3) is 0.125. The van der Waals surface area contributed by atoms with Crippen LogP contribution in [-0.2, 0) is 4.79 Å². The molecule has 0 bridgehead atoms. The first kappa shape index (κ1) is 24.0. The Hall–Kier alpha value is -3.62. The second-order valence-electron chi connectivity index (χ2n) is 6.89. The molecule has 1 atom stereocenters. The first-order chi connectivity index (χ1) is 15.9. The number of rotatable bonds is 7. The lowest BCUT2D eigenvalue weighted by Crippen LogP contribution is -2.34. The molecule has 3 aromatic rings. The third-order valence-corrected chi connectivity index (χ3v) is 5.02. The summed E-state index contributed by atoms with van der Waals surface area (Å²) in [6, 6.07) is 20.5. The molecule has 0 fully saturated rings. The second kappa shape index (κ2) is 11.3. The molecule has 7 nitrogen and oxygen atoms in total. The largest absolute Gasteiger partial charge is 0.497 e. The van der Waals surface area contributed by atoms with E-state index >= 15 is 0 Å². The van der Waals surface area contributed by atoms with Crippen molar-refractivity contribution in [2.45, 2.75) is 13.0 Å². The summed E-state index contributed by atoms with van der Waals surface area (Å²) in [7, 11) is 1.56. The molecule has 3 aromatic carbocycles. The molecule has 9 heteroatoms. The van der Waals surface area contributed by atoms with E-state index in [1.807, 2.05) is 0 Å². The van der Waals surface area contributed by atoms with Crippen LogP contribution in [0.2, 0.25) is 5.02 Å². The first-order valence-electron chi connectivity index (χ1n) is 9.94. The van der Waals surface area contributed by atoms with Crippen molar-refractivity contribution in [2.75, 3.05) is 17.7 Å². The highest BCUT2D eigenvalue weighted by molar-refractivity contribution is 7.80. The van der Waals surface area contributed by atoms with E-state index in [0.29, 0.717) is 33.5 Å². The SMILES string of the molecule is COc1ccc(C(=O)NC(=S)Nc2ccc(NC(=O)C(C)Oc3ccccc3Cl)cc2)cc1. The van der Waals surface area contributed by atoms with Crippen molar-refractivity contribution in [3.05, 3.63) is 83.4 Å². The third-order valence-electron chi connectivity index (χ3n) is 4.50. The Morgan fingerprint density at radius 1 is 0.909 bits per heavy atom. The fourth-order valence-electron chi connectivity index (χ4n) is 2.75. The van der Waals surface area contributed by atoms with E-state index in [1.165, 1.54) is 0 Å². The second-order valence-corrected chi connectivity index (χ2v) is 7.71. The molecule has 3 N–H and O–H groups in total. The Morgan fingerprint density at radius 3 is 2.12 bits per heavy atom. The van der Waals surface area contributed by atoms with Gasteiger partial charge in [-0.3, -0.25) is 14.9 Å². The summed E-state index contributed by atoms with van der Waals surface area (Å²) in [5.41, 5.74) is 1.67. The van der Waals surface area contributed by atoms with Crippen LogP contribution in [0.25, 0.3) is 0 Å². The number of carbonyl (C=O) groups is 2. The van der Waals surface area contributed by atoms with Gasteiger partial charge >= 0.3 is 0 Å². The Labute approximate surface area is 202 Å². The maximum absolute atomic E-state index is 12.4. The lowest BCUT2D eigenvalue weighted by molar-refractivity contribution is -0.122. The number of methoxy groups -OCH3 is 1. The molecule has 0 aromatic heterocycles. The molecule has 2 amide bonds. The number of benzene rings is 3. The highest BCUT2D eigenvalue weighted by atomic mass is 35.5. The van der Waals surface area contributed by atoms with Crippen LogP contribution in [0.15, 0.2) is 72.8 Å². The van der Waals surface area contributed by atoms with Gasteiger partial charge < -0.3 is 20.1 Å². The number of hydrogen-bond acceptors (Lipinski definition) is 5. The molecule has 0 saturated heterocycles. The predicted molar refractivity (Wildman–Crippen MR) is 133 cm³/mol. The highest BCUT2D eigenvalue weighted by Crippen LogP contribution is 2.24. The number of amides is 2. The van der Waals surface area contributed by atoms with Gasteiger partial charge in [-0.1, -0.05) is 23.7 Å². The van der Waals surface area contributed by atoms with Gasteiger partial charge in [0.15, 0.2) is 11.2 Å². The molecule has 0 aliphatic heterocycles. The molecule has 0 aliphatic carbocycles. The van der Waals surface area contributed by atoms with Gasteiger partial charge in [0.25, 0.3) is 11.8 Å². The molecule has 3 rings (SSSR count). The minimum atomic E-state index is -0.747. The van der Waals surface area contributed by atoms with Crippen molar-refractivity contribution in [3.8, 4) is 11.5 Å². The lowest BCUT2D eigenvalue weighted by atomic mass is 10.2. The molecular weight excluding hydrogens is 462 g/mol. The number of thiocarbonyl (C=S) groups is 1. The van der Waals surface area contributed by atoms with Crippen LogP contribution in [0.1, 0.15) is 17.3 Å². The van der Waals surface area contributed by atoms with Crippen LogP contribution in [0.3, 0.4) is 0 Å². The summed E-state index contributed by atoms with van der Waals surface area (Å²) < 4.78 is 10.7. The van der Waals surface area contributed by atoms with Crippen LogP contribution < -0.4 is 25.4 Å². The maximum Gasteiger partial charge on any atom is 0.265 e. The molecule has 0 saturated carbocycles. The van der Waals surface area contributed by atoms with Crippen molar-refractivity contribution in [2.24, 2.45) is 0 Å². The fourth-order valence-corrected chi connectivity index (χ4v) is 3.14. The van der Waals surface area contributed by atoms with Gasteiger partial charge in [0.1, 0.15) is 11.5 Å². The van der Waals surface area contributed by atoms with E-state index in [-0.39, 0.29) is 16.9 Å². The van der Waals surface area contributed by atoms with Gasteiger partial charge in [0.2, 0.25) is 0 Å². The van der Waals surface area contributed by atoms with Gasteiger partial charge in [-0.15, -0.1) is 0 Å². The number of hydrogen-bond donors (Lipinski definition) is 3. The average molecular weight is 484 g/mol. The average Bonchev–Trinajstić information content (AvgIpc) is 2.81. The molecule has 0 heterocycles. The smallest absolute Gasteiger partial charge is 0.265 e. The summed E-state index contributed by atoms with van der Waals surface area (Å²) in [6.07, 6.45) is -0.747. The normalized spacial score (nSPS) is 11.1. The lowest BCUT2D eigenvalue weighted by Gasteiger charge is -2.16. The van der Waals surface area contributed by atoms with Crippen molar-refractivity contribution in [3.63, 3.8) is 0 Å². The topological polar surface area (TPSA) is 88.7 Å². The third kappa shape index (κ3) is 6.93. The number of nitrogens with one attached hydrogen (secondary N) is 3. The first-order valence-corrected chi connectivity index (χ1v) is 10.7. The van der Waals surface area contributed by atoms with Gasteiger partial charge in [0, 0.05) is 16.9 Å². The zero-order valence-electron chi connectivity index (χ0n) is 17.9. The Morgan fingerprint density at radius 2 is 1.52 bits per heavy atom. The highest BCUT2D eigenvalue weighted by Gasteiger charge is 2.16. The van der Waals surface area contributed by atoms with Crippen molar-refractivity contribution in [1.29, 1.82) is 0 Å². The zero-order valence-corrected chi connectivity index (χ0v) is 19.5. The Bertz CT molecular complexity index is 1140. The predicted octanol–water partition coefficient (Wildman–Crippen LogP) is 4.88. The molecule has 33 heavy (non-hydrogen) atoms. The summed E-state index contributed by atoms with van der Waals surface area (Å²) >= 11 is 11.3. The number of para-hydroxylation sites is 1. The molecule has 170 valence electrons. The monoisotopic (exact) mass is 483 g/mol. The molecular formula is C24H22ClN3O4S. The van der Waals surface area contributed by atoms with Crippen LogP contribution in [-0.4, -0.2) is 30.1 Å². The van der Waals surface area contributed by atoms with Gasteiger partial charge in [-0.25, -0.2) is 0 Å². The number of halogens is 1. The number of carbonyl (C=O) groups excluding carboxylic acids is 2. The number of anilines is 2. The minimum Gasteiger partial charge on any atom is -0.497 e. The zero-order chi connectivity index (χ0) is 23.8. The van der Waals surface area contributed by atoms with Crippen molar-refractivity contribution < 1.29 is 19.1 Å². The van der Waals surface area contributed by atoms with E-state index < -0.39 is 6.10 Å². The summed E-state index contributed by atoms with van der Waals surface area (Å²) in [6.45, 7) is 1.64. The number of ether oxygens (including phenoxy) is 2. The van der Waals surface area contributed by atoms with Crippen LogP contribution in [0.4, 0.5) is 11.4 Å². The van der Waals surface area contributed by atoms with Gasteiger partial charge in [-0.2, -0.15) is 0 Å². The quantitative estimate of drug-likeness (QED) is 0.415. The van der Waals surface area contributed by atoms with Crippen LogP contribution in [0, 0.1) is 0 Å². The summed E-state index contributed by atoms with van der Waals surface area (Å²) in [5, 5.41) is 8.90. The van der Waals surface area contributed by atoms with E-state index in [0.717, 1.165) is 0 Å². The van der Waals surface area contributed by atoms with Crippen LogP contribution in [0.5, 0.6) is 11.5 Å². The standard InChI is InChI=1S/C24H22ClN3O4S/c1-15(32-21-6-4-3-5-20(21)25)22(29)26-17-9-11-18(12-10-17)27-24(33)28-23(30)16-7-13-19(31-2)14-8-16/h3-15H,1-2H3,(H,26,29)(H2,27,28,30,33). The van der Waals surface area contributed by atoms with Gasteiger partial charge in [0.05, 0.1) is 12.1 Å². The van der Waals surface area contributed by atoms with Crippen LogP contribution >= 0.6 is 23.8 Å². The van der Waals surface area contributed by atoms with E-state index in [4.69, 9.17) is 33.3 Å². The van der Waals surface area contributed by atoms with E-state index in [2.05, 4.69) is 16.0 Å². The van der Waals surface area contributed by atoms with Crippen molar-refractivity contribution >= 4 is 52.1 Å². The summed E-state index contributed by atoms with van der Waals surface area (Å²) in [5.74, 6) is 0.431. The van der Waals surface area contributed by atoms with Crippen molar-refractivity contribution in [1.82, 2.24) is 5.32 Å². The van der Waals surface area contributed by atoms with E-state index in [9.17, 15) is 9.59 Å². The van der Waals surface area contributed by atoms with Gasteiger partial charge in [-0.05, 0) is 79.8 Å². The molecule has 0 aliphatic rings. The Balaban J connectivity index is 1.50. The molecule has 0 spiro atoms.